The van der Waals surface area contributed by atoms with Crippen LogP contribution in [0.15, 0.2) is 18.3 Å². The molecule has 1 aromatic carbocycles. The second kappa shape index (κ2) is 4.99. The van der Waals surface area contributed by atoms with E-state index in [1.54, 1.807) is 0 Å². The Labute approximate surface area is 114 Å². The van der Waals surface area contributed by atoms with Crippen LogP contribution in [-0.4, -0.2) is 10.6 Å². The quantitative estimate of drug-likeness (QED) is 0.883. The first-order valence-corrected chi connectivity index (χ1v) is 7.25. The van der Waals surface area contributed by atoms with E-state index in [2.05, 4.69) is 42.2 Å². The van der Waals surface area contributed by atoms with Crippen molar-refractivity contribution in [1.82, 2.24) is 9.88 Å². The second-order valence-electron chi connectivity index (χ2n) is 5.71. The number of benzene rings is 1. The average Bonchev–Trinajstić information content (AvgIpc) is 2.99. The van der Waals surface area contributed by atoms with Gasteiger partial charge in [-0.15, -0.1) is 0 Å². The molecule has 2 heterocycles. The van der Waals surface area contributed by atoms with Crippen molar-refractivity contribution in [3.8, 4) is 0 Å². The lowest BCUT2D eigenvalue weighted by molar-refractivity contribution is 0.596. The molecule has 1 atom stereocenters. The van der Waals surface area contributed by atoms with Gasteiger partial charge in [0.05, 0.1) is 0 Å². The predicted molar refractivity (Wildman–Crippen MR) is 80.1 cm³/mol. The maximum atomic E-state index is 6.05. The molecule has 1 aliphatic rings. The van der Waals surface area contributed by atoms with E-state index >= 15 is 0 Å². The Bertz CT molecular complexity index is 598. The van der Waals surface area contributed by atoms with Crippen LogP contribution in [0.3, 0.4) is 0 Å². The predicted octanol–water partition coefficient (Wildman–Crippen LogP) is 2.45. The minimum atomic E-state index is 0.325. The fourth-order valence-corrected chi connectivity index (χ4v) is 3.00. The Kier molecular flexibility index (Phi) is 3.33. The van der Waals surface area contributed by atoms with Crippen molar-refractivity contribution in [2.75, 3.05) is 0 Å². The third-order valence-corrected chi connectivity index (χ3v) is 4.33. The lowest BCUT2D eigenvalue weighted by atomic mass is 10.0. The minimum Gasteiger partial charge on any atom is -0.350 e. The smallest absolute Gasteiger partial charge is 0.0484 e. The van der Waals surface area contributed by atoms with Crippen molar-refractivity contribution in [2.24, 2.45) is 12.8 Å². The van der Waals surface area contributed by atoms with Crippen molar-refractivity contribution < 1.29 is 0 Å². The van der Waals surface area contributed by atoms with Gasteiger partial charge in [-0.2, -0.15) is 0 Å². The first kappa shape index (κ1) is 12.7. The number of aromatic nitrogens is 1. The number of rotatable bonds is 4. The highest BCUT2D eigenvalue weighted by Gasteiger charge is 2.15. The Morgan fingerprint density at radius 3 is 2.79 bits per heavy atom. The van der Waals surface area contributed by atoms with Gasteiger partial charge in [-0.25, -0.2) is 0 Å². The maximum absolute atomic E-state index is 6.05. The SMILES string of the molecule is CCC(N)CCc1cn(C)c2cc3c(cc12)CNC3. The summed E-state index contributed by atoms with van der Waals surface area (Å²) in [5, 5.41) is 4.83. The Hall–Kier alpha value is -1.32. The molecule has 3 rings (SSSR count). The largest absolute Gasteiger partial charge is 0.350 e. The summed E-state index contributed by atoms with van der Waals surface area (Å²) in [6, 6.07) is 5.04. The molecule has 0 aliphatic carbocycles. The standard InChI is InChI=1S/C16H23N3/c1-3-14(17)5-4-11-10-19(2)16-7-13-9-18-8-12(13)6-15(11)16/h6-7,10,14,18H,3-5,8-9,17H2,1-2H3. The molecule has 3 nitrogen and oxygen atoms in total. The van der Waals surface area contributed by atoms with Gasteiger partial charge in [0.15, 0.2) is 0 Å². The van der Waals surface area contributed by atoms with Crippen LogP contribution in [0.25, 0.3) is 10.9 Å². The number of fused-ring (bicyclic) bond motifs is 2. The van der Waals surface area contributed by atoms with Gasteiger partial charge in [0.2, 0.25) is 0 Å². The van der Waals surface area contributed by atoms with Crippen molar-refractivity contribution in [3.05, 3.63) is 35.0 Å². The molecule has 1 aliphatic heterocycles. The number of hydrogen-bond acceptors (Lipinski definition) is 2. The Morgan fingerprint density at radius 2 is 2.05 bits per heavy atom. The summed E-state index contributed by atoms with van der Waals surface area (Å²) >= 11 is 0. The summed E-state index contributed by atoms with van der Waals surface area (Å²) < 4.78 is 2.25. The van der Waals surface area contributed by atoms with Crippen LogP contribution in [0, 0.1) is 0 Å². The average molecular weight is 257 g/mol. The van der Waals surface area contributed by atoms with Gasteiger partial charge in [-0.3, -0.25) is 0 Å². The highest BCUT2D eigenvalue weighted by atomic mass is 14.9. The molecule has 0 amide bonds. The summed E-state index contributed by atoms with van der Waals surface area (Å²) in [5.41, 5.74) is 11.7. The third kappa shape index (κ3) is 2.28. The molecule has 19 heavy (non-hydrogen) atoms. The monoisotopic (exact) mass is 257 g/mol. The number of aryl methyl sites for hydroxylation is 2. The lowest BCUT2D eigenvalue weighted by Gasteiger charge is -2.07. The number of nitrogens with two attached hydrogens (primary N) is 1. The molecule has 2 aromatic rings. The maximum Gasteiger partial charge on any atom is 0.0484 e. The zero-order valence-corrected chi connectivity index (χ0v) is 11.9. The van der Waals surface area contributed by atoms with E-state index < -0.39 is 0 Å². The van der Waals surface area contributed by atoms with E-state index in [0.29, 0.717) is 6.04 Å². The molecule has 0 bridgehead atoms. The van der Waals surface area contributed by atoms with E-state index in [0.717, 1.165) is 32.4 Å². The molecule has 1 aromatic heterocycles. The van der Waals surface area contributed by atoms with Gasteiger partial charge in [0.1, 0.15) is 0 Å². The van der Waals surface area contributed by atoms with Crippen LogP contribution >= 0.6 is 0 Å². The van der Waals surface area contributed by atoms with E-state index in [1.165, 1.54) is 27.6 Å². The lowest BCUT2D eigenvalue weighted by Crippen LogP contribution is -2.18. The van der Waals surface area contributed by atoms with E-state index in [4.69, 9.17) is 5.73 Å². The highest BCUT2D eigenvalue weighted by molar-refractivity contribution is 5.85. The number of nitrogens with one attached hydrogen (secondary N) is 1. The molecule has 0 saturated carbocycles. The minimum absolute atomic E-state index is 0.325. The van der Waals surface area contributed by atoms with Gasteiger partial charge >= 0.3 is 0 Å². The molecule has 0 spiro atoms. The summed E-state index contributed by atoms with van der Waals surface area (Å²) in [6.07, 6.45) is 5.49. The summed E-state index contributed by atoms with van der Waals surface area (Å²) in [6.45, 7) is 4.17. The molecule has 1 unspecified atom stereocenters. The first-order chi connectivity index (χ1) is 9.19. The van der Waals surface area contributed by atoms with Crippen LogP contribution < -0.4 is 11.1 Å². The highest BCUT2D eigenvalue weighted by Crippen LogP contribution is 2.28. The molecular weight excluding hydrogens is 234 g/mol. The Morgan fingerprint density at radius 1 is 1.32 bits per heavy atom. The normalized spacial score (nSPS) is 15.9. The van der Waals surface area contributed by atoms with E-state index in [-0.39, 0.29) is 0 Å². The van der Waals surface area contributed by atoms with Crippen molar-refractivity contribution in [2.45, 2.75) is 45.3 Å². The van der Waals surface area contributed by atoms with Crippen molar-refractivity contribution in [1.29, 1.82) is 0 Å². The van der Waals surface area contributed by atoms with Crippen LogP contribution in [0.5, 0.6) is 0 Å². The molecule has 0 fully saturated rings. The van der Waals surface area contributed by atoms with E-state index in [9.17, 15) is 0 Å². The van der Waals surface area contributed by atoms with Gasteiger partial charge in [-0.05, 0) is 48.1 Å². The van der Waals surface area contributed by atoms with Gasteiger partial charge < -0.3 is 15.6 Å². The molecular formula is C16H23N3. The van der Waals surface area contributed by atoms with Crippen LogP contribution in [-0.2, 0) is 26.6 Å². The zero-order chi connectivity index (χ0) is 13.4. The summed E-state index contributed by atoms with van der Waals surface area (Å²) in [4.78, 5) is 0. The molecule has 0 saturated heterocycles. The van der Waals surface area contributed by atoms with Crippen molar-refractivity contribution >= 4 is 10.9 Å². The fraction of sp³-hybridized carbons (Fsp3) is 0.500. The van der Waals surface area contributed by atoms with Crippen LogP contribution in [0.1, 0.15) is 36.5 Å². The first-order valence-electron chi connectivity index (χ1n) is 7.25. The Balaban J connectivity index is 1.96. The number of hydrogen-bond donors (Lipinski definition) is 2. The topological polar surface area (TPSA) is 43.0 Å². The molecule has 0 radical (unpaired) electrons. The van der Waals surface area contributed by atoms with Gasteiger partial charge in [0.25, 0.3) is 0 Å². The molecule has 3 heteroatoms. The fourth-order valence-electron chi connectivity index (χ4n) is 3.00. The third-order valence-electron chi connectivity index (χ3n) is 4.33. The van der Waals surface area contributed by atoms with Gasteiger partial charge in [0, 0.05) is 43.3 Å². The summed E-state index contributed by atoms with van der Waals surface area (Å²) in [5.74, 6) is 0. The van der Waals surface area contributed by atoms with Crippen molar-refractivity contribution in [3.63, 3.8) is 0 Å². The second-order valence-corrected chi connectivity index (χ2v) is 5.71. The summed E-state index contributed by atoms with van der Waals surface area (Å²) in [7, 11) is 2.14. The van der Waals surface area contributed by atoms with E-state index in [1.807, 2.05) is 0 Å². The van der Waals surface area contributed by atoms with Crippen LogP contribution in [0.2, 0.25) is 0 Å². The number of nitrogens with zero attached hydrogens (tertiary/aromatic N) is 1. The van der Waals surface area contributed by atoms with Crippen LogP contribution in [0.4, 0.5) is 0 Å². The zero-order valence-electron chi connectivity index (χ0n) is 11.9. The molecule has 102 valence electrons. The van der Waals surface area contributed by atoms with Gasteiger partial charge in [-0.1, -0.05) is 6.92 Å². The molecule has 3 N–H and O–H groups in total.